The van der Waals surface area contributed by atoms with Crippen molar-refractivity contribution in [3.63, 3.8) is 0 Å². The van der Waals surface area contributed by atoms with Gasteiger partial charge in [0.1, 0.15) is 5.75 Å². The number of para-hydroxylation sites is 1. The highest BCUT2D eigenvalue weighted by molar-refractivity contribution is 5.37. The molecule has 2 nitrogen and oxygen atoms in total. The summed E-state index contributed by atoms with van der Waals surface area (Å²) in [6, 6.07) is 8.32. The van der Waals surface area contributed by atoms with Gasteiger partial charge in [-0.15, -0.1) is 0 Å². The molecule has 0 amide bonds. The lowest BCUT2D eigenvalue weighted by atomic mass is 9.97. The summed E-state index contributed by atoms with van der Waals surface area (Å²) in [4.78, 5) is 0. The molecule has 1 aromatic carbocycles. The molecule has 0 saturated carbocycles. The SMILES string of the molecule is CCOc1ccccc1C1CC[N]C1. The van der Waals surface area contributed by atoms with E-state index in [0.717, 1.165) is 25.4 Å². The standard InChI is InChI=1S/C12H16NO/c1-2-14-12-6-4-3-5-11(12)10-7-8-13-9-10/h3-6,10H,2,7-9H2,1H3. The van der Waals surface area contributed by atoms with Gasteiger partial charge in [-0.25, -0.2) is 5.32 Å². The van der Waals surface area contributed by atoms with E-state index in [-0.39, 0.29) is 0 Å². The van der Waals surface area contributed by atoms with Crippen molar-refractivity contribution in [2.75, 3.05) is 19.7 Å². The van der Waals surface area contributed by atoms with Crippen molar-refractivity contribution in [2.24, 2.45) is 0 Å². The molecule has 1 atom stereocenters. The molecule has 1 saturated heterocycles. The van der Waals surface area contributed by atoms with E-state index in [1.165, 1.54) is 12.0 Å². The van der Waals surface area contributed by atoms with E-state index in [4.69, 9.17) is 4.74 Å². The molecule has 0 bridgehead atoms. The van der Waals surface area contributed by atoms with E-state index < -0.39 is 0 Å². The molecule has 1 fully saturated rings. The normalized spacial score (nSPS) is 21.1. The molecule has 1 aliphatic heterocycles. The number of hydrogen-bond donors (Lipinski definition) is 0. The van der Waals surface area contributed by atoms with Crippen LogP contribution in [0.5, 0.6) is 5.75 Å². The molecule has 14 heavy (non-hydrogen) atoms. The fourth-order valence-electron chi connectivity index (χ4n) is 1.94. The molecule has 0 aliphatic carbocycles. The zero-order valence-corrected chi connectivity index (χ0v) is 8.57. The Labute approximate surface area is 85.3 Å². The van der Waals surface area contributed by atoms with Gasteiger partial charge in [-0.1, -0.05) is 18.2 Å². The lowest BCUT2D eigenvalue weighted by Gasteiger charge is -2.14. The second-order valence-electron chi connectivity index (χ2n) is 3.59. The number of hydrogen-bond acceptors (Lipinski definition) is 1. The Morgan fingerprint density at radius 2 is 2.29 bits per heavy atom. The van der Waals surface area contributed by atoms with E-state index in [2.05, 4.69) is 23.5 Å². The largest absolute Gasteiger partial charge is 0.494 e. The van der Waals surface area contributed by atoms with Crippen LogP contribution in [0, 0.1) is 0 Å². The summed E-state index contributed by atoms with van der Waals surface area (Å²) in [5, 5.41) is 4.39. The Kier molecular flexibility index (Phi) is 3.04. The van der Waals surface area contributed by atoms with Crippen molar-refractivity contribution in [1.82, 2.24) is 5.32 Å². The van der Waals surface area contributed by atoms with Crippen LogP contribution in [0.4, 0.5) is 0 Å². The first-order valence-electron chi connectivity index (χ1n) is 5.26. The van der Waals surface area contributed by atoms with E-state index >= 15 is 0 Å². The summed E-state index contributed by atoms with van der Waals surface area (Å²) in [6.45, 7) is 4.73. The molecule has 2 heteroatoms. The van der Waals surface area contributed by atoms with Gasteiger partial charge in [0.05, 0.1) is 6.61 Å². The summed E-state index contributed by atoms with van der Waals surface area (Å²) in [5.41, 5.74) is 1.33. The van der Waals surface area contributed by atoms with Crippen LogP contribution in [0.25, 0.3) is 0 Å². The van der Waals surface area contributed by atoms with Gasteiger partial charge in [0, 0.05) is 19.0 Å². The van der Waals surface area contributed by atoms with Gasteiger partial charge in [0.2, 0.25) is 0 Å². The van der Waals surface area contributed by atoms with Crippen molar-refractivity contribution in [2.45, 2.75) is 19.3 Å². The monoisotopic (exact) mass is 190 g/mol. The summed E-state index contributed by atoms with van der Waals surface area (Å²) < 4.78 is 5.61. The fraction of sp³-hybridized carbons (Fsp3) is 0.500. The average molecular weight is 190 g/mol. The Morgan fingerprint density at radius 1 is 1.43 bits per heavy atom. The van der Waals surface area contributed by atoms with Gasteiger partial charge >= 0.3 is 0 Å². The highest BCUT2D eigenvalue weighted by Crippen LogP contribution is 2.30. The van der Waals surface area contributed by atoms with Crippen molar-refractivity contribution in [3.8, 4) is 5.75 Å². The number of benzene rings is 1. The molecule has 1 unspecified atom stereocenters. The molecular formula is C12H16NO. The van der Waals surface area contributed by atoms with Crippen molar-refractivity contribution < 1.29 is 4.74 Å². The molecule has 0 N–H and O–H groups in total. The second-order valence-corrected chi connectivity index (χ2v) is 3.59. The predicted octanol–water partition coefficient (Wildman–Crippen LogP) is 2.18. The molecule has 1 heterocycles. The first kappa shape index (κ1) is 9.53. The Morgan fingerprint density at radius 3 is 3.00 bits per heavy atom. The molecule has 0 spiro atoms. The third-order valence-corrected chi connectivity index (χ3v) is 2.64. The number of rotatable bonds is 3. The maximum Gasteiger partial charge on any atom is 0.122 e. The number of ether oxygens (including phenoxy) is 1. The molecule has 1 aliphatic rings. The van der Waals surface area contributed by atoms with Crippen molar-refractivity contribution in [3.05, 3.63) is 29.8 Å². The van der Waals surface area contributed by atoms with E-state index in [1.807, 2.05) is 13.0 Å². The van der Waals surface area contributed by atoms with Crippen LogP contribution in [-0.4, -0.2) is 19.7 Å². The predicted molar refractivity (Wildman–Crippen MR) is 56.8 cm³/mol. The fourth-order valence-corrected chi connectivity index (χ4v) is 1.94. The topological polar surface area (TPSA) is 23.3 Å². The number of nitrogens with zero attached hydrogens (tertiary/aromatic N) is 1. The van der Waals surface area contributed by atoms with Crippen LogP contribution in [0.3, 0.4) is 0 Å². The molecule has 1 aromatic rings. The summed E-state index contributed by atoms with van der Waals surface area (Å²) >= 11 is 0. The van der Waals surface area contributed by atoms with Gasteiger partial charge < -0.3 is 4.74 Å². The second kappa shape index (κ2) is 4.47. The van der Waals surface area contributed by atoms with Crippen LogP contribution in [-0.2, 0) is 0 Å². The Hall–Kier alpha value is -1.02. The van der Waals surface area contributed by atoms with Crippen molar-refractivity contribution >= 4 is 0 Å². The smallest absolute Gasteiger partial charge is 0.122 e. The quantitative estimate of drug-likeness (QED) is 0.716. The maximum absolute atomic E-state index is 5.61. The maximum atomic E-state index is 5.61. The molecular weight excluding hydrogens is 174 g/mol. The summed E-state index contributed by atoms with van der Waals surface area (Å²) in [7, 11) is 0. The van der Waals surface area contributed by atoms with E-state index in [0.29, 0.717) is 5.92 Å². The van der Waals surface area contributed by atoms with Crippen LogP contribution >= 0.6 is 0 Å². The average Bonchev–Trinajstić information content (AvgIpc) is 2.72. The minimum absolute atomic E-state index is 0.581. The summed E-state index contributed by atoms with van der Waals surface area (Å²) in [5.74, 6) is 1.62. The highest BCUT2D eigenvalue weighted by atomic mass is 16.5. The Bertz CT molecular complexity index is 292. The zero-order valence-electron chi connectivity index (χ0n) is 8.57. The third-order valence-electron chi connectivity index (χ3n) is 2.64. The minimum Gasteiger partial charge on any atom is -0.494 e. The lowest BCUT2D eigenvalue weighted by molar-refractivity contribution is 0.334. The van der Waals surface area contributed by atoms with Gasteiger partial charge in [-0.05, 0) is 25.0 Å². The third kappa shape index (κ3) is 1.90. The molecule has 2 rings (SSSR count). The van der Waals surface area contributed by atoms with Crippen LogP contribution in [0.2, 0.25) is 0 Å². The van der Waals surface area contributed by atoms with Crippen LogP contribution in [0.15, 0.2) is 24.3 Å². The van der Waals surface area contributed by atoms with Crippen molar-refractivity contribution in [1.29, 1.82) is 0 Å². The van der Waals surface area contributed by atoms with Gasteiger partial charge in [0.25, 0.3) is 0 Å². The highest BCUT2D eigenvalue weighted by Gasteiger charge is 2.20. The molecule has 0 aromatic heterocycles. The van der Waals surface area contributed by atoms with Gasteiger partial charge in [0.15, 0.2) is 0 Å². The van der Waals surface area contributed by atoms with E-state index in [1.54, 1.807) is 0 Å². The first-order chi connectivity index (χ1) is 6.92. The minimum atomic E-state index is 0.581. The van der Waals surface area contributed by atoms with Crippen LogP contribution < -0.4 is 10.1 Å². The lowest BCUT2D eigenvalue weighted by Crippen LogP contribution is -2.04. The summed E-state index contributed by atoms with van der Waals surface area (Å²) in [6.07, 6.45) is 1.17. The first-order valence-corrected chi connectivity index (χ1v) is 5.26. The molecule has 1 radical (unpaired) electrons. The Balaban J connectivity index is 2.21. The zero-order chi connectivity index (χ0) is 9.80. The molecule has 75 valence electrons. The van der Waals surface area contributed by atoms with Crippen LogP contribution in [0.1, 0.15) is 24.8 Å². The van der Waals surface area contributed by atoms with Gasteiger partial charge in [-0.2, -0.15) is 0 Å². The van der Waals surface area contributed by atoms with Gasteiger partial charge in [-0.3, -0.25) is 0 Å². The van der Waals surface area contributed by atoms with E-state index in [9.17, 15) is 0 Å².